The molecule has 0 aromatic heterocycles. The molecule has 0 saturated carbocycles. The van der Waals surface area contributed by atoms with Crippen LogP contribution in [0.2, 0.25) is 0 Å². The molecule has 0 spiro atoms. The van der Waals surface area contributed by atoms with Crippen LogP contribution in [0.15, 0.2) is 41.4 Å². The van der Waals surface area contributed by atoms with Crippen LogP contribution in [0.4, 0.5) is 17.1 Å². The first-order chi connectivity index (χ1) is 15.4. The monoisotopic (exact) mass is 435 g/mol. The largest absolute Gasteiger partial charge is 0.496 e. The van der Waals surface area contributed by atoms with Crippen molar-refractivity contribution in [2.45, 2.75) is 52.0 Å². The quantitative estimate of drug-likeness (QED) is 0.539. The Morgan fingerprint density at radius 2 is 1.88 bits per heavy atom. The molecule has 1 saturated heterocycles. The number of morpholine rings is 1. The van der Waals surface area contributed by atoms with Gasteiger partial charge in [0, 0.05) is 54.4 Å². The van der Waals surface area contributed by atoms with Crippen LogP contribution in [0.1, 0.15) is 57.6 Å². The molecule has 0 amide bonds. The highest BCUT2D eigenvalue weighted by atomic mass is 16.5. The van der Waals surface area contributed by atoms with Gasteiger partial charge in [0.05, 0.1) is 26.0 Å². The molecule has 1 unspecified atom stereocenters. The standard InChI is InChI=1S/C27H37N3O2/c1-6-11-30-25-17-26(31-5)21(16-24(25)20(2)18-27(30,3)4)19-28-22-7-9-23(10-8-22)29-12-14-32-15-13-29/h7-10,16-17,19-20H,6,11-15,18H2,1-5H3. The molecule has 2 heterocycles. The number of nitrogens with zero attached hydrogens (tertiary/aromatic N) is 3. The van der Waals surface area contributed by atoms with Crippen LogP contribution in [0, 0.1) is 0 Å². The fraction of sp³-hybridized carbons (Fsp3) is 0.519. The van der Waals surface area contributed by atoms with Crippen LogP contribution in [0.3, 0.4) is 0 Å². The van der Waals surface area contributed by atoms with Crippen molar-refractivity contribution in [1.82, 2.24) is 0 Å². The van der Waals surface area contributed by atoms with Gasteiger partial charge in [-0.1, -0.05) is 13.8 Å². The van der Waals surface area contributed by atoms with Crippen molar-refractivity contribution >= 4 is 23.3 Å². The highest BCUT2D eigenvalue weighted by Crippen LogP contribution is 2.45. The van der Waals surface area contributed by atoms with Gasteiger partial charge in [0.2, 0.25) is 0 Å². The summed E-state index contributed by atoms with van der Waals surface area (Å²) in [7, 11) is 1.75. The smallest absolute Gasteiger partial charge is 0.129 e. The van der Waals surface area contributed by atoms with Crippen molar-refractivity contribution in [3.05, 3.63) is 47.5 Å². The minimum Gasteiger partial charge on any atom is -0.496 e. The van der Waals surface area contributed by atoms with Crippen molar-refractivity contribution in [3.63, 3.8) is 0 Å². The van der Waals surface area contributed by atoms with Crippen LogP contribution in [-0.4, -0.2) is 51.7 Å². The summed E-state index contributed by atoms with van der Waals surface area (Å²) in [6, 6.07) is 13.0. The van der Waals surface area contributed by atoms with E-state index in [1.54, 1.807) is 7.11 Å². The van der Waals surface area contributed by atoms with Crippen molar-refractivity contribution in [2.75, 3.05) is 49.8 Å². The highest BCUT2D eigenvalue weighted by molar-refractivity contribution is 5.88. The fourth-order valence-electron chi connectivity index (χ4n) is 5.17. The third-order valence-electron chi connectivity index (χ3n) is 6.76. The molecule has 4 rings (SSSR count). The number of aliphatic imine (C=N–C) groups is 1. The summed E-state index contributed by atoms with van der Waals surface area (Å²) in [4.78, 5) is 9.67. The van der Waals surface area contributed by atoms with E-state index in [4.69, 9.17) is 14.5 Å². The van der Waals surface area contributed by atoms with E-state index < -0.39 is 0 Å². The first-order valence-corrected chi connectivity index (χ1v) is 11.9. The summed E-state index contributed by atoms with van der Waals surface area (Å²) < 4.78 is 11.2. The van der Waals surface area contributed by atoms with E-state index in [9.17, 15) is 0 Å². The number of ether oxygens (including phenoxy) is 2. The Kier molecular flexibility index (Phi) is 6.75. The van der Waals surface area contributed by atoms with E-state index in [1.165, 1.54) is 16.9 Å². The van der Waals surface area contributed by atoms with E-state index >= 15 is 0 Å². The Hall–Kier alpha value is -2.53. The fourth-order valence-corrected chi connectivity index (χ4v) is 5.17. The van der Waals surface area contributed by atoms with Gasteiger partial charge in [-0.3, -0.25) is 4.99 Å². The molecule has 2 aromatic carbocycles. The molecule has 1 atom stereocenters. The lowest BCUT2D eigenvalue weighted by atomic mass is 9.79. The summed E-state index contributed by atoms with van der Waals surface area (Å²) in [5.41, 5.74) is 6.05. The molecule has 0 aliphatic carbocycles. The number of anilines is 2. The Bertz CT molecular complexity index is 946. The van der Waals surface area contributed by atoms with Crippen LogP contribution in [0.5, 0.6) is 5.75 Å². The van der Waals surface area contributed by atoms with E-state index in [0.29, 0.717) is 5.92 Å². The van der Waals surface area contributed by atoms with Gasteiger partial charge in [-0.05, 0) is 68.5 Å². The van der Waals surface area contributed by atoms with Gasteiger partial charge in [0.15, 0.2) is 0 Å². The summed E-state index contributed by atoms with van der Waals surface area (Å²) in [5, 5.41) is 0. The number of hydrogen-bond acceptors (Lipinski definition) is 5. The molecule has 5 nitrogen and oxygen atoms in total. The molecule has 2 aliphatic rings. The van der Waals surface area contributed by atoms with Gasteiger partial charge in [-0.25, -0.2) is 0 Å². The van der Waals surface area contributed by atoms with Crippen LogP contribution in [-0.2, 0) is 4.74 Å². The minimum atomic E-state index is 0.144. The van der Waals surface area contributed by atoms with Crippen molar-refractivity contribution in [1.29, 1.82) is 0 Å². The maximum Gasteiger partial charge on any atom is 0.129 e. The molecular weight excluding hydrogens is 398 g/mol. The maximum atomic E-state index is 5.79. The molecule has 0 radical (unpaired) electrons. The second kappa shape index (κ2) is 9.53. The molecular formula is C27H37N3O2. The Labute approximate surface area is 193 Å². The van der Waals surface area contributed by atoms with Crippen LogP contribution in [0.25, 0.3) is 0 Å². The Balaban J connectivity index is 1.60. The van der Waals surface area contributed by atoms with Crippen LogP contribution < -0.4 is 14.5 Å². The number of fused-ring (bicyclic) bond motifs is 1. The average Bonchev–Trinajstić information content (AvgIpc) is 2.80. The second-order valence-electron chi connectivity index (χ2n) is 9.60. The van der Waals surface area contributed by atoms with E-state index in [1.807, 2.05) is 6.21 Å². The van der Waals surface area contributed by atoms with Gasteiger partial charge >= 0.3 is 0 Å². The summed E-state index contributed by atoms with van der Waals surface area (Å²) in [6.07, 6.45) is 4.22. The van der Waals surface area contributed by atoms with Crippen LogP contribution >= 0.6 is 0 Å². The van der Waals surface area contributed by atoms with Gasteiger partial charge < -0.3 is 19.3 Å². The number of benzene rings is 2. The van der Waals surface area contributed by atoms with Gasteiger partial charge in [0.1, 0.15) is 5.75 Å². The molecule has 1 fully saturated rings. The van der Waals surface area contributed by atoms with E-state index in [-0.39, 0.29) is 5.54 Å². The zero-order chi connectivity index (χ0) is 22.7. The van der Waals surface area contributed by atoms with Gasteiger partial charge in [-0.15, -0.1) is 0 Å². The zero-order valence-corrected chi connectivity index (χ0v) is 20.2. The number of methoxy groups -OCH3 is 1. The lowest BCUT2D eigenvalue weighted by Crippen LogP contribution is -2.48. The maximum absolute atomic E-state index is 5.79. The molecule has 2 aromatic rings. The predicted molar refractivity (Wildman–Crippen MR) is 134 cm³/mol. The number of rotatable bonds is 6. The third-order valence-corrected chi connectivity index (χ3v) is 6.76. The SMILES string of the molecule is CCCN1c2cc(OC)c(C=Nc3ccc(N4CCOCC4)cc3)cc2C(C)CC1(C)C. The molecule has 2 aliphatic heterocycles. The van der Waals surface area contributed by atoms with Crippen molar-refractivity contribution < 1.29 is 9.47 Å². The van der Waals surface area contributed by atoms with E-state index in [2.05, 4.69) is 73.9 Å². The topological polar surface area (TPSA) is 37.3 Å². The molecule has 0 N–H and O–H groups in total. The molecule has 0 bridgehead atoms. The second-order valence-corrected chi connectivity index (χ2v) is 9.60. The third kappa shape index (κ3) is 4.63. The van der Waals surface area contributed by atoms with E-state index in [0.717, 1.165) is 62.7 Å². The minimum absolute atomic E-state index is 0.144. The Morgan fingerprint density at radius 3 is 2.53 bits per heavy atom. The zero-order valence-electron chi connectivity index (χ0n) is 20.2. The first kappa shape index (κ1) is 22.7. The number of hydrogen-bond donors (Lipinski definition) is 0. The van der Waals surface area contributed by atoms with Crippen molar-refractivity contribution in [3.8, 4) is 5.75 Å². The first-order valence-electron chi connectivity index (χ1n) is 11.9. The molecule has 172 valence electrons. The predicted octanol–water partition coefficient (Wildman–Crippen LogP) is 5.78. The average molecular weight is 436 g/mol. The lowest BCUT2D eigenvalue weighted by Gasteiger charge is -2.47. The van der Waals surface area contributed by atoms with Gasteiger partial charge in [-0.2, -0.15) is 0 Å². The highest BCUT2D eigenvalue weighted by Gasteiger charge is 2.36. The normalized spacial score (nSPS) is 20.5. The van der Waals surface area contributed by atoms with Crippen molar-refractivity contribution in [2.24, 2.45) is 4.99 Å². The summed E-state index contributed by atoms with van der Waals surface area (Å²) in [6.45, 7) is 13.8. The molecule has 5 heteroatoms. The lowest BCUT2D eigenvalue weighted by molar-refractivity contribution is 0.122. The Morgan fingerprint density at radius 1 is 1.16 bits per heavy atom. The molecule has 32 heavy (non-hydrogen) atoms. The summed E-state index contributed by atoms with van der Waals surface area (Å²) >= 11 is 0. The van der Waals surface area contributed by atoms with Gasteiger partial charge in [0.25, 0.3) is 0 Å². The summed E-state index contributed by atoms with van der Waals surface area (Å²) in [5.74, 6) is 1.38.